The van der Waals surface area contributed by atoms with E-state index >= 15 is 0 Å². The number of anilines is 3. The quantitative estimate of drug-likeness (QED) is 0.540. The van der Waals surface area contributed by atoms with Crippen LogP contribution in [0.5, 0.6) is 0 Å². The number of amides is 2. The van der Waals surface area contributed by atoms with Crippen molar-refractivity contribution in [3.63, 3.8) is 0 Å². The van der Waals surface area contributed by atoms with Gasteiger partial charge in [0.1, 0.15) is 5.82 Å². The molecule has 0 saturated carbocycles. The lowest BCUT2D eigenvalue weighted by atomic mass is 10.1. The van der Waals surface area contributed by atoms with Crippen LogP contribution in [0.3, 0.4) is 0 Å². The van der Waals surface area contributed by atoms with Gasteiger partial charge in [-0.15, -0.1) is 0 Å². The molecule has 26 heavy (non-hydrogen) atoms. The van der Waals surface area contributed by atoms with E-state index in [9.17, 15) is 4.79 Å². The van der Waals surface area contributed by atoms with Gasteiger partial charge in [0.2, 0.25) is 0 Å². The molecule has 0 aliphatic carbocycles. The fourth-order valence-electron chi connectivity index (χ4n) is 2.54. The van der Waals surface area contributed by atoms with Gasteiger partial charge in [0.25, 0.3) is 0 Å². The predicted molar refractivity (Wildman–Crippen MR) is 107 cm³/mol. The highest BCUT2D eigenvalue weighted by Crippen LogP contribution is 2.11. The lowest BCUT2D eigenvalue weighted by molar-refractivity contribution is 0.262. The number of carbonyl (C=O) groups excluding carboxylic acids is 1. The number of carbonyl (C=O) groups is 1. The van der Waals surface area contributed by atoms with Gasteiger partial charge >= 0.3 is 6.03 Å². The maximum Gasteiger partial charge on any atom is 0.324 e. The van der Waals surface area contributed by atoms with Gasteiger partial charge in [-0.25, -0.2) is 9.78 Å². The molecule has 1 heterocycles. The van der Waals surface area contributed by atoms with Crippen molar-refractivity contribution >= 4 is 23.2 Å². The molecular weight excluding hydrogens is 324 g/mol. The largest absolute Gasteiger partial charge is 0.384 e. The minimum absolute atomic E-state index is 0.313. The molecular formula is C21H22N4O. The van der Waals surface area contributed by atoms with Crippen molar-refractivity contribution in [1.29, 1.82) is 0 Å². The number of benzene rings is 2. The zero-order valence-electron chi connectivity index (χ0n) is 14.5. The third-order valence-electron chi connectivity index (χ3n) is 3.85. The van der Waals surface area contributed by atoms with E-state index in [-0.39, 0.29) is 6.03 Å². The number of hydrogen-bond acceptors (Lipinski definition) is 3. The molecule has 3 rings (SSSR count). The fourth-order valence-corrected chi connectivity index (χ4v) is 2.54. The minimum Gasteiger partial charge on any atom is -0.384 e. The Bertz CT molecular complexity index is 804. The zero-order chi connectivity index (χ0) is 18.0. The number of nitrogens with one attached hydrogen (secondary N) is 3. The van der Waals surface area contributed by atoms with E-state index in [1.165, 1.54) is 5.56 Å². The Balaban J connectivity index is 1.41. The SMILES string of the molecule is O=C(Nc1ccccc1)Nc1ccc(NCCCc2ccccc2)cn1. The second-order valence-electron chi connectivity index (χ2n) is 5.89. The molecule has 0 spiro atoms. The number of aryl methyl sites for hydroxylation is 1. The standard InChI is InChI=1S/C21H22N4O/c26-21(24-18-11-5-2-6-12-18)25-20-14-13-19(16-23-20)22-15-7-10-17-8-3-1-4-9-17/h1-6,8-9,11-14,16,22H,7,10,15H2,(H2,23,24,25,26). The van der Waals surface area contributed by atoms with Crippen molar-refractivity contribution in [3.8, 4) is 0 Å². The van der Waals surface area contributed by atoms with E-state index in [1.54, 1.807) is 12.3 Å². The normalized spacial score (nSPS) is 10.2. The summed E-state index contributed by atoms with van der Waals surface area (Å²) in [5, 5.41) is 8.82. The summed E-state index contributed by atoms with van der Waals surface area (Å²) < 4.78 is 0. The molecule has 2 amide bonds. The molecule has 1 aromatic heterocycles. The zero-order valence-corrected chi connectivity index (χ0v) is 14.5. The lowest BCUT2D eigenvalue weighted by Gasteiger charge is -2.09. The van der Waals surface area contributed by atoms with Crippen LogP contribution in [0, 0.1) is 0 Å². The van der Waals surface area contributed by atoms with Crippen molar-refractivity contribution < 1.29 is 4.79 Å². The Kier molecular flexibility index (Phi) is 6.20. The van der Waals surface area contributed by atoms with Crippen LogP contribution < -0.4 is 16.0 Å². The van der Waals surface area contributed by atoms with E-state index in [1.807, 2.05) is 42.5 Å². The van der Waals surface area contributed by atoms with E-state index in [4.69, 9.17) is 0 Å². The molecule has 132 valence electrons. The number of rotatable bonds is 7. The molecule has 0 radical (unpaired) electrons. The van der Waals surface area contributed by atoms with Gasteiger partial charge < -0.3 is 10.6 Å². The number of aromatic nitrogens is 1. The Morgan fingerprint density at radius 1 is 0.808 bits per heavy atom. The van der Waals surface area contributed by atoms with Crippen LogP contribution >= 0.6 is 0 Å². The smallest absolute Gasteiger partial charge is 0.324 e. The van der Waals surface area contributed by atoms with Crippen molar-refractivity contribution in [2.45, 2.75) is 12.8 Å². The molecule has 2 aromatic carbocycles. The van der Waals surface area contributed by atoms with E-state index in [0.717, 1.165) is 30.8 Å². The van der Waals surface area contributed by atoms with Crippen molar-refractivity contribution in [2.75, 3.05) is 22.5 Å². The van der Waals surface area contributed by atoms with Crippen LogP contribution in [0.1, 0.15) is 12.0 Å². The first-order valence-corrected chi connectivity index (χ1v) is 8.66. The molecule has 5 nitrogen and oxygen atoms in total. The minimum atomic E-state index is -0.313. The van der Waals surface area contributed by atoms with Crippen molar-refractivity contribution in [3.05, 3.63) is 84.6 Å². The molecule has 0 bridgehead atoms. The number of pyridine rings is 1. The summed E-state index contributed by atoms with van der Waals surface area (Å²) in [6, 6.07) is 23.1. The molecule has 0 aliphatic heterocycles. The first kappa shape index (κ1) is 17.5. The van der Waals surface area contributed by atoms with Crippen molar-refractivity contribution in [2.24, 2.45) is 0 Å². The van der Waals surface area contributed by atoms with Crippen LogP contribution in [-0.2, 0) is 6.42 Å². The Hall–Kier alpha value is -3.34. The molecule has 5 heteroatoms. The monoisotopic (exact) mass is 346 g/mol. The molecule has 0 fully saturated rings. The number of nitrogens with zero attached hydrogens (tertiary/aromatic N) is 1. The van der Waals surface area contributed by atoms with Gasteiger partial charge in [-0.2, -0.15) is 0 Å². The molecule has 3 N–H and O–H groups in total. The Morgan fingerprint density at radius 2 is 1.54 bits per heavy atom. The maximum absolute atomic E-state index is 11.9. The first-order chi connectivity index (χ1) is 12.8. The highest BCUT2D eigenvalue weighted by molar-refractivity contribution is 5.99. The first-order valence-electron chi connectivity index (χ1n) is 8.66. The summed E-state index contributed by atoms with van der Waals surface area (Å²) >= 11 is 0. The van der Waals surface area contributed by atoms with Gasteiger partial charge in [-0.3, -0.25) is 5.32 Å². The van der Waals surface area contributed by atoms with Gasteiger partial charge in [-0.05, 0) is 42.7 Å². The highest BCUT2D eigenvalue weighted by atomic mass is 16.2. The average molecular weight is 346 g/mol. The molecule has 0 saturated heterocycles. The lowest BCUT2D eigenvalue weighted by Crippen LogP contribution is -2.20. The van der Waals surface area contributed by atoms with E-state index in [2.05, 4.69) is 45.2 Å². The highest BCUT2D eigenvalue weighted by Gasteiger charge is 2.03. The number of para-hydroxylation sites is 1. The van der Waals surface area contributed by atoms with Gasteiger partial charge in [0, 0.05) is 12.2 Å². The fraction of sp³-hybridized carbons (Fsp3) is 0.143. The van der Waals surface area contributed by atoms with Gasteiger partial charge in [0.15, 0.2) is 0 Å². The average Bonchev–Trinajstić information content (AvgIpc) is 2.68. The van der Waals surface area contributed by atoms with Gasteiger partial charge in [-0.1, -0.05) is 48.5 Å². The third-order valence-corrected chi connectivity index (χ3v) is 3.85. The summed E-state index contributed by atoms with van der Waals surface area (Å²) in [7, 11) is 0. The van der Waals surface area contributed by atoms with E-state index in [0.29, 0.717) is 5.82 Å². The molecule has 3 aromatic rings. The maximum atomic E-state index is 11.9. The molecule has 0 unspecified atom stereocenters. The van der Waals surface area contributed by atoms with Gasteiger partial charge in [0.05, 0.1) is 11.9 Å². The molecule has 0 atom stereocenters. The Morgan fingerprint density at radius 3 is 2.23 bits per heavy atom. The predicted octanol–water partition coefficient (Wildman–Crippen LogP) is 4.77. The topological polar surface area (TPSA) is 66.1 Å². The summed E-state index contributed by atoms with van der Waals surface area (Å²) in [6.45, 7) is 0.873. The van der Waals surface area contributed by atoms with E-state index < -0.39 is 0 Å². The molecule has 0 aliphatic rings. The number of hydrogen-bond donors (Lipinski definition) is 3. The van der Waals surface area contributed by atoms with Crippen LogP contribution in [0.2, 0.25) is 0 Å². The van der Waals surface area contributed by atoms with Crippen LogP contribution in [-0.4, -0.2) is 17.6 Å². The Labute approximate surface area is 153 Å². The second kappa shape index (κ2) is 9.22. The summed E-state index contributed by atoms with van der Waals surface area (Å²) in [6.07, 6.45) is 3.81. The van der Waals surface area contributed by atoms with Crippen LogP contribution in [0.25, 0.3) is 0 Å². The van der Waals surface area contributed by atoms with Crippen LogP contribution in [0.15, 0.2) is 79.0 Å². The summed E-state index contributed by atoms with van der Waals surface area (Å²) in [4.78, 5) is 16.2. The summed E-state index contributed by atoms with van der Waals surface area (Å²) in [5.41, 5.74) is 3.02. The third kappa shape index (κ3) is 5.63. The van der Waals surface area contributed by atoms with Crippen LogP contribution in [0.4, 0.5) is 22.0 Å². The summed E-state index contributed by atoms with van der Waals surface area (Å²) in [5.74, 6) is 0.508. The second-order valence-corrected chi connectivity index (χ2v) is 5.89. The number of urea groups is 1. The van der Waals surface area contributed by atoms with Crippen molar-refractivity contribution in [1.82, 2.24) is 4.98 Å².